The number of rotatable bonds is 5. The van der Waals surface area contributed by atoms with Crippen molar-refractivity contribution in [1.29, 1.82) is 0 Å². The Bertz CT molecular complexity index is 554. The molecular formula is C13H19NO4S. The minimum Gasteiger partial charge on any atom is -0.469 e. The van der Waals surface area contributed by atoms with Gasteiger partial charge in [-0.2, -0.15) is 0 Å². The van der Waals surface area contributed by atoms with Crippen LogP contribution in [0.15, 0.2) is 29.2 Å². The third-order valence-electron chi connectivity index (χ3n) is 2.92. The molecular weight excluding hydrogens is 266 g/mol. The highest BCUT2D eigenvalue weighted by atomic mass is 32.2. The molecule has 6 heteroatoms. The van der Waals surface area contributed by atoms with E-state index in [2.05, 4.69) is 4.74 Å². The highest BCUT2D eigenvalue weighted by Crippen LogP contribution is 2.19. The Balaban J connectivity index is 2.96. The third kappa shape index (κ3) is 3.54. The molecule has 1 unspecified atom stereocenters. The summed E-state index contributed by atoms with van der Waals surface area (Å²) in [5.74, 6) is -0.930. The zero-order valence-corrected chi connectivity index (χ0v) is 12.4. The van der Waals surface area contributed by atoms with Gasteiger partial charge in [0.05, 0.1) is 17.9 Å². The number of ether oxygens (including phenoxy) is 1. The van der Waals surface area contributed by atoms with Crippen molar-refractivity contribution in [2.45, 2.75) is 18.7 Å². The lowest BCUT2D eigenvalue weighted by atomic mass is 10.2. The molecule has 0 aromatic heterocycles. The fourth-order valence-corrected chi connectivity index (χ4v) is 3.25. The van der Waals surface area contributed by atoms with Crippen molar-refractivity contribution in [3.8, 4) is 0 Å². The van der Waals surface area contributed by atoms with Crippen molar-refractivity contribution in [3.63, 3.8) is 0 Å². The number of aryl methyl sites for hydroxylation is 1. The van der Waals surface area contributed by atoms with Crippen molar-refractivity contribution >= 4 is 16.0 Å². The number of benzene rings is 1. The second-order valence-electron chi connectivity index (χ2n) is 4.48. The summed E-state index contributed by atoms with van der Waals surface area (Å²) in [6, 6.07) is 6.76. The van der Waals surface area contributed by atoms with Crippen molar-refractivity contribution in [1.82, 2.24) is 4.31 Å². The molecule has 0 bridgehead atoms. The standard InChI is InChI=1S/C13H19NO4S/c1-10-7-5-6-8-12(10)19(16,17)14(3)9-11(2)13(15)18-4/h5-8,11H,9H2,1-4H3. The largest absolute Gasteiger partial charge is 0.469 e. The number of hydrogen-bond acceptors (Lipinski definition) is 4. The zero-order valence-electron chi connectivity index (χ0n) is 11.6. The number of carbonyl (C=O) groups excluding carboxylic acids is 1. The molecule has 0 aliphatic carbocycles. The number of sulfonamides is 1. The van der Waals surface area contributed by atoms with Crippen LogP contribution in [0.25, 0.3) is 0 Å². The Labute approximate surface area is 114 Å². The first kappa shape index (κ1) is 15.7. The van der Waals surface area contributed by atoms with Gasteiger partial charge < -0.3 is 4.74 Å². The molecule has 0 saturated heterocycles. The van der Waals surface area contributed by atoms with E-state index in [0.717, 1.165) is 0 Å². The van der Waals surface area contributed by atoms with Gasteiger partial charge in [-0.3, -0.25) is 4.79 Å². The molecule has 0 saturated carbocycles. The maximum atomic E-state index is 12.4. The molecule has 1 atom stereocenters. The molecule has 0 aliphatic rings. The zero-order chi connectivity index (χ0) is 14.6. The van der Waals surface area contributed by atoms with Gasteiger partial charge in [0, 0.05) is 13.6 Å². The van der Waals surface area contributed by atoms with Crippen LogP contribution >= 0.6 is 0 Å². The average Bonchev–Trinajstić information content (AvgIpc) is 2.37. The van der Waals surface area contributed by atoms with E-state index in [1.54, 1.807) is 38.1 Å². The van der Waals surface area contributed by atoms with Crippen LogP contribution in [-0.2, 0) is 19.6 Å². The topological polar surface area (TPSA) is 63.7 Å². The second-order valence-corrected chi connectivity index (χ2v) is 6.49. The number of esters is 1. The van der Waals surface area contributed by atoms with E-state index in [4.69, 9.17) is 0 Å². The molecule has 1 rings (SSSR count). The highest BCUT2D eigenvalue weighted by molar-refractivity contribution is 7.89. The van der Waals surface area contributed by atoms with Gasteiger partial charge in [0.2, 0.25) is 10.0 Å². The molecule has 106 valence electrons. The van der Waals surface area contributed by atoms with E-state index < -0.39 is 21.9 Å². The van der Waals surface area contributed by atoms with Crippen LogP contribution in [0.3, 0.4) is 0 Å². The van der Waals surface area contributed by atoms with Crippen molar-refractivity contribution in [3.05, 3.63) is 29.8 Å². The molecule has 0 fully saturated rings. The first-order chi connectivity index (χ1) is 8.80. The van der Waals surface area contributed by atoms with Crippen LogP contribution in [0.1, 0.15) is 12.5 Å². The van der Waals surface area contributed by atoms with E-state index in [-0.39, 0.29) is 11.4 Å². The van der Waals surface area contributed by atoms with Gasteiger partial charge in [-0.05, 0) is 18.6 Å². The first-order valence-electron chi connectivity index (χ1n) is 5.90. The van der Waals surface area contributed by atoms with E-state index in [1.807, 2.05) is 0 Å². The Kier molecular flexibility index (Phi) is 5.08. The fraction of sp³-hybridized carbons (Fsp3) is 0.462. The predicted octanol–water partition coefficient (Wildman–Crippen LogP) is 1.42. The lowest BCUT2D eigenvalue weighted by Crippen LogP contribution is -2.34. The molecule has 5 nitrogen and oxygen atoms in total. The molecule has 0 aliphatic heterocycles. The highest BCUT2D eigenvalue weighted by Gasteiger charge is 2.26. The van der Waals surface area contributed by atoms with Gasteiger partial charge in [-0.15, -0.1) is 0 Å². The summed E-state index contributed by atoms with van der Waals surface area (Å²) in [6.45, 7) is 3.46. The summed E-state index contributed by atoms with van der Waals surface area (Å²) in [6.07, 6.45) is 0. The van der Waals surface area contributed by atoms with Crippen LogP contribution in [0.2, 0.25) is 0 Å². The smallest absolute Gasteiger partial charge is 0.309 e. The Morgan fingerprint density at radius 1 is 1.37 bits per heavy atom. The van der Waals surface area contributed by atoms with Crippen molar-refractivity contribution in [2.75, 3.05) is 20.7 Å². The molecule has 0 spiro atoms. The Hall–Kier alpha value is -1.40. The van der Waals surface area contributed by atoms with Crippen molar-refractivity contribution in [2.24, 2.45) is 5.92 Å². The van der Waals surface area contributed by atoms with Crippen LogP contribution in [0.5, 0.6) is 0 Å². The summed E-state index contributed by atoms with van der Waals surface area (Å²) < 4.78 is 30.5. The van der Waals surface area contributed by atoms with Crippen LogP contribution < -0.4 is 0 Å². The van der Waals surface area contributed by atoms with E-state index in [0.29, 0.717) is 5.56 Å². The van der Waals surface area contributed by atoms with Gasteiger partial charge in [0.15, 0.2) is 0 Å². The minimum absolute atomic E-state index is 0.0866. The molecule has 0 heterocycles. The SMILES string of the molecule is COC(=O)C(C)CN(C)S(=O)(=O)c1ccccc1C. The van der Waals surface area contributed by atoms with Gasteiger partial charge >= 0.3 is 5.97 Å². The monoisotopic (exact) mass is 285 g/mol. The van der Waals surface area contributed by atoms with Gasteiger partial charge in [-0.25, -0.2) is 12.7 Å². The normalized spacial score (nSPS) is 13.3. The van der Waals surface area contributed by atoms with Gasteiger partial charge in [0.25, 0.3) is 0 Å². The summed E-state index contributed by atoms with van der Waals surface area (Å²) >= 11 is 0. The molecule has 0 amide bonds. The summed E-state index contributed by atoms with van der Waals surface area (Å²) in [4.78, 5) is 11.6. The van der Waals surface area contributed by atoms with E-state index in [1.165, 1.54) is 18.5 Å². The predicted molar refractivity (Wildman–Crippen MR) is 72.2 cm³/mol. The third-order valence-corrected chi connectivity index (χ3v) is 4.90. The van der Waals surface area contributed by atoms with E-state index in [9.17, 15) is 13.2 Å². The Morgan fingerprint density at radius 3 is 2.47 bits per heavy atom. The van der Waals surface area contributed by atoms with E-state index >= 15 is 0 Å². The minimum atomic E-state index is -3.58. The number of methoxy groups -OCH3 is 1. The molecule has 19 heavy (non-hydrogen) atoms. The van der Waals surface area contributed by atoms with Crippen LogP contribution in [0, 0.1) is 12.8 Å². The number of carbonyl (C=O) groups is 1. The summed E-state index contributed by atoms with van der Waals surface area (Å²) in [7, 11) is -0.835. The molecule has 0 N–H and O–H groups in total. The Morgan fingerprint density at radius 2 is 1.95 bits per heavy atom. The molecule has 0 radical (unpaired) electrons. The fourth-order valence-electron chi connectivity index (χ4n) is 1.77. The van der Waals surface area contributed by atoms with Gasteiger partial charge in [-0.1, -0.05) is 25.1 Å². The first-order valence-corrected chi connectivity index (χ1v) is 7.34. The molecule has 1 aromatic carbocycles. The number of nitrogens with zero attached hydrogens (tertiary/aromatic N) is 1. The second kappa shape index (κ2) is 6.16. The summed E-state index contributed by atoms with van der Waals surface area (Å²) in [5.41, 5.74) is 0.681. The maximum absolute atomic E-state index is 12.4. The number of hydrogen-bond donors (Lipinski definition) is 0. The van der Waals surface area contributed by atoms with Gasteiger partial charge in [0.1, 0.15) is 0 Å². The van der Waals surface area contributed by atoms with Crippen molar-refractivity contribution < 1.29 is 17.9 Å². The quantitative estimate of drug-likeness (QED) is 0.768. The van der Waals surface area contributed by atoms with Crippen LogP contribution in [0.4, 0.5) is 0 Å². The lowest BCUT2D eigenvalue weighted by Gasteiger charge is -2.20. The summed E-state index contributed by atoms with van der Waals surface area (Å²) in [5, 5.41) is 0. The lowest BCUT2D eigenvalue weighted by molar-refractivity contribution is -0.144. The molecule has 1 aromatic rings. The van der Waals surface area contributed by atoms with Crippen LogP contribution in [-0.4, -0.2) is 39.4 Å². The average molecular weight is 285 g/mol. The maximum Gasteiger partial charge on any atom is 0.309 e.